The fourth-order valence-corrected chi connectivity index (χ4v) is 6.01. The Balaban J connectivity index is 1.74. The van der Waals surface area contributed by atoms with Gasteiger partial charge < -0.3 is 4.57 Å². The standard InChI is InChI=1S/C28H17NS/c1-2-10-20(11-3-1)29-23-13-7-6-12-21(23)27-24(29)14-15-25-28(27)22-16-18-8-4-5-9-19(18)17-26(22)30-25/h1-17H. The van der Waals surface area contributed by atoms with Crippen LogP contribution in [0.25, 0.3) is 58.4 Å². The van der Waals surface area contributed by atoms with Gasteiger partial charge in [-0.05, 0) is 53.2 Å². The number of aromatic nitrogens is 1. The summed E-state index contributed by atoms with van der Waals surface area (Å²) in [5, 5.41) is 8.01. The third-order valence-electron chi connectivity index (χ3n) is 6.15. The van der Waals surface area contributed by atoms with Gasteiger partial charge in [-0.3, -0.25) is 0 Å². The zero-order valence-electron chi connectivity index (χ0n) is 16.2. The highest BCUT2D eigenvalue weighted by Gasteiger charge is 2.17. The summed E-state index contributed by atoms with van der Waals surface area (Å²) in [7, 11) is 0. The van der Waals surface area contributed by atoms with Crippen LogP contribution >= 0.6 is 11.3 Å². The van der Waals surface area contributed by atoms with E-state index in [0.29, 0.717) is 0 Å². The minimum absolute atomic E-state index is 1.20. The summed E-state index contributed by atoms with van der Waals surface area (Å²) in [5.41, 5.74) is 3.72. The Bertz CT molecular complexity index is 1740. The fourth-order valence-electron chi connectivity index (χ4n) is 4.87. The molecule has 0 aliphatic rings. The van der Waals surface area contributed by atoms with Gasteiger partial charge in [-0.25, -0.2) is 0 Å². The molecule has 0 saturated heterocycles. The maximum Gasteiger partial charge on any atom is 0.0548 e. The molecule has 0 aliphatic carbocycles. The van der Waals surface area contributed by atoms with Gasteiger partial charge in [0.2, 0.25) is 0 Å². The molecule has 0 N–H and O–H groups in total. The molecule has 2 heteroatoms. The minimum atomic E-state index is 1.20. The average Bonchev–Trinajstić information content (AvgIpc) is 3.33. The van der Waals surface area contributed by atoms with E-state index in [2.05, 4.69) is 108 Å². The second-order valence-corrected chi connectivity index (χ2v) is 8.90. The highest BCUT2D eigenvalue weighted by Crippen LogP contribution is 2.44. The maximum atomic E-state index is 2.40. The zero-order chi connectivity index (χ0) is 19.7. The number of benzene rings is 5. The number of para-hydroxylation sites is 2. The number of thiophene rings is 1. The predicted molar refractivity (Wildman–Crippen MR) is 131 cm³/mol. The van der Waals surface area contributed by atoms with Crippen LogP contribution in [-0.4, -0.2) is 4.57 Å². The number of fused-ring (bicyclic) bond motifs is 8. The molecule has 0 saturated carbocycles. The van der Waals surface area contributed by atoms with Crippen molar-refractivity contribution in [2.75, 3.05) is 0 Å². The fraction of sp³-hybridized carbons (Fsp3) is 0. The van der Waals surface area contributed by atoms with Crippen LogP contribution in [0.5, 0.6) is 0 Å². The molecule has 0 aliphatic heterocycles. The molecule has 0 unspecified atom stereocenters. The van der Waals surface area contributed by atoms with Crippen molar-refractivity contribution in [2.24, 2.45) is 0 Å². The molecular formula is C28H17NS. The molecule has 140 valence electrons. The molecule has 7 rings (SSSR count). The van der Waals surface area contributed by atoms with Crippen molar-refractivity contribution >= 4 is 64.1 Å². The van der Waals surface area contributed by atoms with Gasteiger partial charge in [-0.15, -0.1) is 11.3 Å². The molecule has 30 heavy (non-hydrogen) atoms. The van der Waals surface area contributed by atoms with Crippen molar-refractivity contribution in [3.8, 4) is 5.69 Å². The maximum absolute atomic E-state index is 2.40. The van der Waals surface area contributed by atoms with E-state index in [4.69, 9.17) is 0 Å². The van der Waals surface area contributed by atoms with E-state index in [9.17, 15) is 0 Å². The third kappa shape index (κ3) is 2.11. The first-order valence-corrected chi connectivity index (χ1v) is 11.0. The highest BCUT2D eigenvalue weighted by atomic mass is 32.1. The quantitative estimate of drug-likeness (QED) is 0.262. The van der Waals surface area contributed by atoms with Crippen LogP contribution < -0.4 is 0 Å². The molecular weight excluding hydrogens is 382 g/mol. The molecule has 0 spiro atoms. The topological polar surface area (TPSA) is 4.93 Å². The predicted octanol–water partition coefficient (Wildman–Crippen LogP) is 8.30. The van der Waals surface area contributed by atoms with E-state index in [0.717, 1.165) is 0 Å². The Morgan fingerprint density at radius 1 is 0.500 bits per heavy atom. The Kier molecular flexibility index (Phi) is 3.21. The van der Waals surface area contributed by atoms with Crippen molar-refractivity contribution in [3.05, 3.63) is 103 Å². The van der Waals surface area contributed by atoms with Gasteiger partial charge in [-0.1, -0.05) is 60.7 Å². The number of hydrogen-bond donors (Lipinski definition) is 0. The van der Waals surface area contributed by atoms with Gasteiger partial charge in [0.25, 0.3) is 0 Å². The van der Waals surface area contributed by atoms with Crippen molar-refractivity contribution < 1.29 is 0 Å². The molecule has 0 fully saturated rings. The van der Waals surface area contributed by atoms with E-state index in [1.807, 2.05) is 11.3 Å². The second kappa shape index (κ2) is 5.94. The Morgan fingerprint density at radius 3 is 2.10 bits per heavy atom. The van der Waals surface area contributed by atoms with Crippen molar-refractivity contribution in [1.82, 2.24) is 4.57 Å². The van der Waals surface area contributed by atoms with Crippen LogP contribution in [0, 0.1) is 0 Å². The van der Waals surface area contributed by atoms with Gasteiger partial charge >= 0.3 is 0 Å². The van der Waals surface area contributed by atoms with E-state index < -0.39 is 0 Å². The summed E-state index contributed by atoms with van der Waals surface area (Å²) in [4.78, 5) is 0. The van der Waals surface area contributed by atoms with Crippen LogP contribution in [-0.2, 0) is 0 Å². The SMILES string of the molecule is c1ccc(-n2c3ccccc3c3c4c(ccc32)sc2cc3ccccc3cc24)cc1. The van der Waals surface area contributed by atoms with Gasteiger partial charge in [-0.2, -0.15) is 0 Å². The molecule has 2 heterocycles. The van der Waals surface area contributed by atoms with Crippen LogP contribution in [0.3, 0.4) is 0 Å². The van der Waals surface area contributed by atoms with E-state index >= 15 is 0 Å². The van der Waals surface area contributed by atoms with Gasteiger partial charge in [0.15, 0.2) is 0 Å². The number of hydrogen-bond acceptors (Lipinski definition) is 1. The van der Waals surface area contributed by atoms with E-state index in [1.165, 1.54) is 58.4 Å². The van der Waals surface area contributed by atoms with Crippen LogP contribution in [0.2, 0.25) is 0 Å². The summed E-state index contributed by atoms with van der Waals surface area (Å²) < 4.78 is 5.10. The summed E-state index contributed by atoms with van der Waals surface area (Å²) in [5.74, 6) is 0. The first-order chi connectivity index (χ1) is 14.9. The monoisotopic (exact) mass is 399 g/mol. The first-order valence-electron chi connectivity index (χ1n) is 10.2. The zero-order valence-corrected chi connectivity index (χ0v) is 17.0. The van der Waals surface area contributed by atoms with Crippen molar-refractivity contribution in [3.63, 3.8) is 0 Å². The lowest BCUT2D eigenvalue weighted by Gasteiger charge is -2.07. The van der Waals surface area contributed by atoms with Crippen LogP contribution in [0.1, 0.15) is 0 Å². The second-order valence-electron chi connectivity index (χ2n) is 7.82. The Labute approximate surface area is 177 Å². The normalized spacial score (nSPS) is 12.0. The lowest BCUT2D eigenvalue weighted by atomic mass is 10.0. The first kappa shape index (κ1) is 16.2. The van der Waals surface area contributed by atoms with Gasteiger partial charge in [0.1, 0.15) is 0 Å². The van der Waals surface area contributed by atoms with Gasteiger partial charge in [0, 0.05) is 36.6 Å². The number of rotatable bonds is 1. The van der Waals surface area contributed by atoms with Gasteiger partial charge in [0.05, 0.1) is 11.0 Å². The summed E-state index contributed by atoms with van der Waals surface area (Å²) in [6.07, 6.45) is 0. The summed E-state index contributed by atoms with van der Waals surface area (Å²) in [6.45, 7) is 0. The van der Waals surface area contributed by atoms with E-state index in [1.54, 1.807) is 0 Å². The Morgan fingerprint density at radius 2 is 1.23 bits per heavy atom. The largest absolute Gasteiger partial charge is 0.309 e. The molecule has 7 aromatic rings. The Hall–Kier alpha value is -3.62. The molecule has 0 amide bonds. The summed E-state index contributed by atoms with van der Waals surface area (Å²) >= 11 is 1.90. The lowest BCUT2D eigenvalue weighted by molar-refractivity contribution is 1.18. The summed E-state index contributed by atoms with van der Waals surface area (Å²) in [6, 6.07) is 37.4. The van der Waals surface area contributed by atoms with E-state index in [-0.39, 0.29) is 0 Å². The lowest BCUT2D eigenvalue weighted by Crippen LogP contribution is -1.92. The van der Waals surface area contributed by atoms with Crippen molar-refractivity contribution in [2.45, 2.75) is 0 Å². The highest BCUT2D eigenvalue weighted by molar-refractivity contribution is 7.26. The van der Waals surface area contributed by atoms with Crippen molar-refractivity contribution in [1.29, 1.82) is 0 Å². The average molecular weight is 400 g/mol. The molecule has 2 aromatic heterocycles. The smallest absolute Gasteiger partial charge is 0.0548 e. The molecule has 0 radical (unpaired) electrons. The van der Waals surface area contributed by atoms with Crippen LogP contribution in [0.4, 0.5) is 0 Å². The third-order valence-corrected chi connectivity index (χ3v) is 7.27. The molecule has 5 aromatic carbocycles. The minimum Gasteiger partial charge on any atom is -0.309 e. The molecule has 1 nitrogen and oxygen atoms in total. The molecule has 0 atom stereocenters. The van der Waals surface area contributed by atoms with Crippen LogP contribution in [0.15, 0.2) is 103 Å². The number of nitrogens with zero attached hydrogens (tertiary/aromatic N) is 1. The molecule has 0 bridgehead atoms.